The van der Waals surface area contributed by atoms with Crippen LogP contribution in [-0.4, -0.2) is 25.5 Å². The Kier molecular flexibility index (Phi) is 3.69. The quantitative estimate of drug-likeness (QED) is 0.769. The van der Waals surface area contributed by atoms with Crippen LogP contribution in [-0.2, 0) is 14.6 Å². The van der Waals surface area contributed by atoms with Crippen molar-refractivity contribution in [2.75, 3.05) is 13.2 Å². The van der Waals surface area contributed by atoms with E-state index >= 15 is 0 Å². The molecule has 0 N–H and O–H groups in total. The van der Waals surface area contributed by atoms with Crippen molar-refractivity contribution >= 4 is 23.0 Å². The first kappa shape index (κ1) is 12.3. The second-order valence-corrected chi connectivity index (χ2v) is 3.65. The second-order valence-electron chi connectivity index (χ2n) is 3.65. The minimum Gasteiger partial charge on any atom is -0.459 e. The molecule has 0 aliphatic carbocycles. The fourth-order valence-electron chi connectivity index (χ4n) is 1.79. The molecule has 2 radical (unpaired) electrons. The molecule has 0 saturated carbocycles. The summed E-state index contributed by atoms with van der Waals surface area (Å²) in [5.74, 6) is -0.556. The van der Waals surface area contributed by atoms with Gasteiger partial charge < -0.3 is 4.74 Å². The molecule has 18 heavy (non-hydrogen) atoms. The van der Waals surface area contributed by atoms with Gasteiger partial charge in [0.1, 0.15) is 13.2 Å². The molecule has 0 aliphatic rings. The molecule has 2 aromatic rings. The minimum absolute atomic E-state index is 0.158. The third-order valence-corrected chi connectivity index (χ3v) is 2.57. The molecule has 90 valence electrons. The van der Waals surface area contributed by atoms with Crippen molar-refractivity contribution in [3.05, 3.63) is 47.5 Å². The molecule has 2 aromatic carbocycles. The predicted molar refractivity (Wildman–Crippen MR) is 64.6 cm³/mol. The highest BCUT2D eigenvalue weighted by molar-refractivity contribution is 6.08. The van der Waals surface area contributed by atoms with Crippen LogP contribution in [0.2, 0.25) is 0 Å². The summed E-state index contributed by atoms with van der Waals surface area (Å²) in [6, 6.07) is 10.0. The lowest BCUT2D eigenvalue weighted by atomic mass is 10.0. The Labute approximate surface area is 104 Å². The van der Waals surface area contributed by atoms with Crippen molar-refractivity contribution in [3.8, 4) is 0 Å². The number of ether oxygens (including phenoxy) is 1. The Morgan fingerprint density at radius 2 is 1.83 bits per heavy atom. The molecule has 4 nitrogen and oxygen atoms in total. The van der Waals surface area contributed by atoms with E-state index in [-0.39, 0.29) is 6.61 Å². The SMILES string of the molecule is [O]CCOC(=O)c1cccc2c([C]=O)cccc12. The van der Waals surface area contributed by atoms with Crippen LogP contribution < -0.4 is 0 Å². The van der Waals surface area contributed by atoms with Crippen LogP contribution in [0.5, 0.6) is 0 Å². The molecule has 0 aromatic heterocycles. The maximum absolute atomic E-state index is 11.8. The number of hydrogen-bond donors (Lipinski definition) is 0. The molecule has 0 atom stereocenters. The van der Waals surface area contributed by atoms with E-state index in [1.54, 1.807) is 36.4 Å². The van der Waals surface area contributed by atoms with Crippen LogP contribution in [0, 0.1) is 0 Å². The van der Waals surface area contributed by atoms with Crippen molar-refractivity contribution in [3.63, 3.8) is 0 Å². The van der Waals surface area contributed by atoms with E-state index in [4.69, 9.17) is 4.74 Å². The van der Waals surface area contributed by atoms with Gasteiger partial charge in [-0.1, -0.05) is 30.3 Å². The average Bonchev–Trinajstić information content (AvgIpc) is 2.43. The van der Waals surface area contributed by atoms with E-state index in [1.807, 2.05) is 6.29 Å². The average molecular weight is 242 g/mol. The van der Waals surface area contributed by atoms with E-state index < -0.39 is 12.6 Å². The van der Waals surface area contributed by atoms with Gasteiger partial charge in [0.25, 0.3) is 0 Å². The fourth-order valence-corrected chi connectivity index (χ4v) is 1.79. The van der Waals surface area contributed by atoms with Crippen molar-refractivity contribution in [2.45, 2.75) is 0 Å². The first-order valence-electron chi connectivity index (χ1n) is 5.43. The number of esters is 1. The van der Waals surface area contributed by atoms with E-state index in [2.05, 4.69) is 0 Å². The molecule has 0 bridgehead atoms. The van der Waals surface area contributed by atoms with Crippen LogP contribution >= 0.6 is 0 Å². The Balaban J connectivity index is 2.52. The lowest BCUT2D eigenvalue weighted by Crippen LogP contribution is -2.08. The molecular formula is C14H10O4. The number of carbonyl (C=O) groups is 1. The normalized spacial score (nSPS) is 10.3. The number of carbonyl (C=O) groups excluding carboxylic acids is 2. The number of fused-ring (bicyclic) bond motifs is 1. The molecule has 0 spiro atoms. The minimum atomic E-state index is -0.556. The number of hydrogen-bond acceptors (Lipinski definition) is 3. The van der Waals surface area contributed by atoms with Gasteiger partial charge in [0.2, 0.25) is 6.29 Å². The fraction of sp³-hybridized carbons (Fsp3) is 0.143. The maximum Gasteiger partial charge on any atom is 0.338 e. The molecule has 2 rings (SSSR count). The zero-order valence-corrected chi connectivity index (χ0v) is 9.51. The lowest BCUT2D eigenvalue weighted by Gasteiger charge is -2.07. The molecule has 0 heterocycles. The van der Waals surface area contributed by atoms with Gasteiger partial charge in [-0.15, -0.1) is 0 Å². The summed E-state index contributed by atoms with van der Waals surface area (Å²) in [6.07, 6.45) is 1.83. The van der Waals surface area contributed by atoms with Gasteiger partial charge in [-0.05, 0) is 16.8 Å². The van der Waals surface area contributed by atoms with Gasteiger partial charge in [-0.25, -0.2) is 9.90 Å². The highest BCUT2D eigenvalue weighted by Gasteiger charge is 2.12. The summed E-state index contributed by atoms with van der Waals surface area (Å²) < 4.78 is 4.81. The Morgan fingerprint density at radius 1 is 1.11 bits per heavy atom. The molecular weight excluding hydrogens is 232 g/mol. The molecule has 0 amide bonds. The molecule has 0 unspecified atom stereocenters. The second kappa shape index (κ2) is 5.42. The van der Waals surface area contributed by atoms with Gasteiger partial charge >= 0.3 is 5.97 Å². The number of benzene rings is 2. The first-order chi connectivity index (χ1) is 8.77. The van der Waals surface area contributed by atoms with Gasteiger partial charge in [0, 0.05) is 5.56 Å². The lowest BCUT2D eigenvalue weighted by molar-refractivity contribution is 0.0367. The van der Waals surface area contributed by atoms with Crippen LogP contribution in [0.4, 0.5) is 0 Å². The highest BCUT2D eigenvalue weighted by Crippen LogP contribution is 2.22. The van der Waals surface area contributed by atoms with Crippen LogP contribution in [0.3, 0.4) is 0 Å². The van der Waals surface area contributed by atoms with Gasteiger partial charge in [-0.2, -0.15) is 0 Å². The van der Waals surface area contributed by atoms with Crippen molar-refractivity contribution in [1.82, 2.24) is 0 Å². The Bertz CT molecular complexity index is 589. The zero-order valence-electron chi connectivity index (χ0n) is 9.51. The summed E-state index contributed by atoms with van der Waals surface area (Å²) in [5, 5.41) is 11.6. The molecule has 4 heteroatoms. The molecule has 0 fully saturated rings. The summed E-state index contributed by atoms with van der Waals surface area (Å²) in [5.41, 5.74) is 0.740. The van der Waals surface area contributed by atoms with Gasteiger partial charge in [0.15, 0.2) is 0 Å². The van der Waals surface area contributed by atoms with Crippen LogP contribution in [0.15, 0.2) is 36.4 Å². The topological polar surface area (TPSA) is 63.3 Å². The standard InChI is InChI=1S/C14H10O4/c15-7-8-18-14(17)13-6-2-4-11-10(9-16)3-1-5-12(11)13/h1-6H,7-8H2. The zero-order chi connectivity index (χ0) is 13.0. The third kappa shape index (κ3) is 2.24. The summed E-state index contributed by atoms with van der Waals surface area (Å²) in [6.45, 7) is -0.626. The molecule has 0 aliphatic heterocycles. The van der Waals surface area contributed by atoms with E-state index in [1.165, 1.54) is 0 Å². The van der Waals surface area contributed by atoms with Crippen molar-refractivity contribution in [2.24, 2.45) is 0 Å². The van der Waals surface area contributed by atoms with Gasteiger partial charge in [0.05, 0.1) is 5.56 Å². The van der Waals surface area contributed by atoms with Gasteiger partial charge in [-0.3, -0.25) is 4.79 Å². The third-order valence-electron chi connectivity index (χ3n) is 2.57. The smallest absolute Gasteiger partial charge is 0.338 e. The monoisotopic (exact) mass is 242 g/mol. The van der Waals surface area contributed by atoms with E-state index in [0.29, 0.717) is 21.9 Å². The number of rotatable bonds is 4. The predicted octanol–water partition coefficient (Wildman–Crippen LogP) is 1.88. The molecule has 0 saturated heterocycles. The largest absolute Gasteiger partial charge is 0.459 e. The summed E-state index contributed by atoms with van der Waals surface area (Å²) in [7, 11) is 0. The maximum atomic E-state index is 11.8. The van der Waals surface area contributed by atoms with E-state index in [0.717, 1.165) is 0 Å². The summed E-state index contributed by atoms with van der Waals surface area (Å²) in [4.78, 5) is 22.5. The van der Waals surface area contributed by atoms with Crippen molar-refractivity contribution in [1.29, 1.82) is 0 Å². The van der Waals surface area contributed by atoms with Crippen LogP contribution in [0.1, 0.15) is 15.9 Å². The van der Waals surface area contributed by atoms with Crippen molar-refractivity contribution < 1.29 is 19.4 Å². The highest BCUT2D eigenvalue weighted by atomic mass is 16.5. The van der Waals surface area contributed by atoms with E-state index in [9.17, 15) is 14.7 Å². The Morgan fingerprint density at radius 3 is 2.56 bits per heavy atom. The Hall–Kier alpha value is -2.20. The van der Waals surface area contributed by atoms with Crippen LogP contribution in [0.25, 0.3) is 10.8 Å². The summed E-state index contributed by atoms with van der Waals surface area (Å²) >= 11 is 0. The first-order valence-corrected chi connectivity index (χ1v) is 5.43.